The Kier molecular flexibility index (Phi) is 4.99. The Morgan fingerprint density at radius 1 is 1.27 bits per heavy atom. The summed E-state index contributed by atoms with van der Waals surface area (Å²) in [6.07, 6.45) is 0. The number of rotatable bonds is 5. The van der Waals surface area contributed by atoms with Crippen molar-refractivity contribution in [3.05, 3.63) is 29.3 Å². The molecule has 2 N–H and O–H groups in total. The first kappa shape index (κ1) is 16.7. The maximum atomic E-state index is 12.2. The smallest absolute Gasteiger partial charge is 0.263 e. The first-order valence-electron chi connectivity index (χ1n) is 6.16. The van der Waals surface area contributed by atoms with Gasteiger partial charge in [0.1, 0.15) is 10.4 Å². The topological polar surface area (TPSA) is 101 Å². The van der Waals surface area contributed by atoms with Crippen LogP contribution in [0, 0.1) is 6.92 Å². The van der Waals surface area contributed by atoms with Crippen molar-refractivity contribution in [2.24, 2.45) is 0 Å². The van der Waals surface area contributed by atoms with Crippen LogP contribution in [0.1, 0.15) is 11.9 Å². The number of alkyl halides is 1. The largest absolute Gasteiger partial charge is 0.325 e. The van der Waals surface area contributed by atoms with Crippen molar-refractivity contribution in [2.75, 3.05) is 10.0 Å². The number of nitrogens with one attached hydrogen (secondary N) is 2. The fraction of sp³-hybridized carbons (Fsp3) is 0.250. The van der Waals surface area contributed by atoms with E-state index in [4.69, 9.17) is 11.6 Å². The van der Waals surface area contributed by atoms with Gasteiger partial charge in [-0.1, -0.05) is 11.3 Å². The second kappa shape index (κ2) is 6.59. The molecule has 0 fully saturated rings. The summed E-state index contributed by atoms with van der Waals surface area (Å²) < 4.78 is 26.7. The van der Waals surface area contributed by atoms with Gasteiger partial charge in [0, 0.05) is 5.69 Å². The Balaban J connectivity index is 2.13. The fourth-order valence-corrected chi connectivity index (χ4v) is 3.35. The molecule has 0 aliphatic heterocycles. The molecule has 1 heterocycles. The number of carbonyl (C=O) groups is 1. The van der Waals surface area contributed by atoms with E-state index in [9.17, 15) is 13.2 Å². The number of benzene rings is 1. The summed E-state index contributed by atoms with van der Waals surface area (Å²) in [4.78, 5) is 11.5. The Bertz CT molecular complexity index is 772. The van der Waals surface area contributed by atoms with Gasteiger partial charge in [0.2, 0.25) is 11.0 Å². The maximum absolute atomic E-state index is 12.2. The van der Waals surface area contributed by atoms with Gasteiger partial charge in [-0.2, -0.15) is 0 Å². The third-order valence-corrected chi connectivity index (χ3v) is 4.98. The standard InChI is InChI=1S/C12H13ClN4O3S2/c1-7(13)11(18)14-9-3-5-10(6-4-9)22(19,20)17-12-16-15-8(2)21-12/h3-7H,1-2H3,(H,14,18)(H,16,17)/t7-/m1/s1. The highest BCUT2D eigenvalue weighted by Gasteiger charge is 2.17. The van der Waals surface area contributed by atoms with Gasteiger partial charge in [-0.15, -0.1) is 21.8 Å². The summed E-state index contributed by atoms with van der Waals surface area (Å²) in [6.45, 7) is 3.27. The van der Waals surface area contributed by atoms with Gasteiger partial charge in [0.15, 0.2) is 0 Å². The summed E-state index contributed by atoms with van der Waals surface area (Å²) in [5.74, 6) is -0.361. The van der Waals surface area contributed by atoms with Crippen LogP contribution in [-0.2, 0) is 14.8 Å². The molecule has 1 aromatic heterocycles. The summed E-state index contributed by atoms with van der Waals surface area (Å²) in [5, 5.41) is 10.2. The zero-order chi connectivity index (χ0) is 16.3. The van der Waals surface area contributed by atoms with Crippen molar-refractivity contribution < 1.29 is 13.2 Å². The zero-order valence-electron chi connectivity index (χ0n) is 11.7. The van der Waals surface area contributed by atoms with Gasteiger partial charge in [-0.05, 0) is 38.1 Å². The van der Waals surface area contributed by atoms with Crippen LogP contribution in [-0.4, -0.2) is 29.9 Å². The lowest BCUT2D eigenvalue weighted by atomic mass is 10.3. The molecule has 2 rings (SSSR count). The van der Waals surface area contributed by atoms with Crippen molar-refractivity contribution in [3.63, 3.8) is 0 Å². The Morgan fingerprint density at radius 2 is 1.91 bits per heavy atom. The van der Waals surface area contributed by atoms with E-state index in [2.05, 4.69) is 20.2 Å². The molecule has 22 heavy (non-hydrogen) atoms. The fourth-order valence-electron chi connectivity index (χ4n) is 1.47. The van der Waals surface area contributed by atoms with Crippen molar-refractivity contribution in [1.82, 2.24) is 10.2 Å². The number of anilines is 2. The van der Waals surface area contributed by atoms with Crippen LogP contribution in [0.25, 0.3) is 0 Å². The Labute approximate surface area is 136 Å². The molecule has 2 aromatic rings. The zero-order valence-corrected chi connectivity index (χ0v) is 14.1. The average Bonchev–Trinajstić information content (AvgIpc) is 2.83. The van der Waals surface area contributed by atoms with Crippen LogP contribution in [0.3, 0.4) is 0 Å². The summed E-state index contributed by atoms with van der Waals surface area (Å²) in [7, 11) is -3.74. The van der Waals surface area contributed by atoms with E-state index in [1.165, 1.54) is 24.3 Å². The molecular weight excluding hydrogens is 348 g/mol. The molecule has 0 radical (unpaired) electrons. The van der Waals surface area contributed by atoms with Crippen LogP contribution >= 0.6 is 22.9 Å². The van der Waals surface area contributed by atoms with E-state index in [1.807, 2.05) is 0 Å². The van der Waals surface area contributed by atoms with Gasteiger partial charge < -0.3 is 5.32 Å². The lowest BCUT2D eigenvalue weighted by molar-refractivity contribution is -0.115. The van der Waals surface area contributed by atoms with E-state index in [0.29, 0.717) is 10.7 Å². The number of halogens is 1. The number of hydrogen-bond donors (Lipinski definition) is 2. The first-order chi connectivity index (χ1) is 10.3. The van der Waals surface area contributed by atoms with Crippen LogP contribution in [0.5, 0.6) is 0 Å². The van der Waals surface area contributed by atoms with Crippen LogP contribution < -0.4 is 10.0 Å². The van der Waals surface area contributed by atoms with E-state index < -0.39 is 15.4 Å². The second-order valence-electron chi connectivity index (χ2n) is 4.36. The molecule has 118 valence electrons. The highest BCUT2D eigenvalue weighted by atomic mass is 35.5. The SMILES string of the molecule is Cc1nnc(NS(=O)(=O)c2ccc(NC(=O)[C@@H](C)Cl)cc2)s1. The van der Waals surface area contributed by atoms with Crippen molar-refractivity contribution in [2.45, 2.75) is 24.1 Å². The van der Waals surface area contributed by atoms with Crippen molar-refractivity contribution in [3.8, 4) is 0 Å². The average molecular weight is 361 g/mol. The summed E-state index contributed by atoms with van der Waals surface area (Å²) in [5.41, 5.74) is 0.461. The predicted octanol–water partition coefficient (Wildman–Crippen LogP) is 2.21. The van der Waals surface area contributed by atoms with Gasteiger partial charge in [0.25, 0.3) is 10.0 Å². The molecule has 0 aliphatic carbocycles. The molecule has 1 aromatic carbocycles. The molecule has 0 saturated heterocycles. The minimum Gasteiger partial charge on any atom is -0.325 e. The third-order valence-electron chi connectivity index (χ3n) is 2.54. The quantitative estimate of drug-likeness (QED) is 0.796. The Hall–Kier alpha value is -1.71. The molecular formula is C12H13ClN4O3S2. The van der Waals surface area contributed by atoms with Gasteiger partial charge in [0.05, 0.1) is 4.90 Å². The predicted molar refractivity (Wildman–Crippen MR) is 85.8 cm³/mol. The van der Waals surface area contributed by atoms with Crippen LogP contribution in [0.2, 0.25) is 0 Å². The summed E-state index contributed by atoms with van der Waals surface area (Å²) in [6, 6.07) is 5.73. The molecule has 0 spiro atoms. The lowest BCUT2D eigenvalue weighted by Crippen LogP contribution is -2.20. The van der Waals surface area contributed by atoms with Gasteiger partial charge in [-0.25, -0.2) is 8.42 Å². The third kappa shape index (κ3) is 4.15. The minimum absolute atomic E-state index is 0.0530. The van der Waals surface area contributed by atoms with Gasteiger partial charge in [-0.3, -0.25) is 9.52 Å². The molecule has 0 bridgehead atoms. The maximum Gasteiger partial charge on any atom is 0.263 e. The minimum atomic E-state index is -3.74. The number of sulfonamides is 1. The molecule has 0 saturated carbocycles. The first-order valence-corrected chi connectivity index (χ1v) is 8.89. The normalized spacial score (nSPS) is 12.7. The number of hydrogen-bond acceptors (Lipinski definition) is 6. The number of aromatic nitrogens is 2. The number of nitrogens with zero attached hydrogens (tertiary/aromatic N) is 2. The molecule has 10 heteroatoms. The summed E-state index contributed by atoms with van der Waals surface area (Å²) >= 11 is 6.78. The molecule has 0 unspecified atom stereocenters. The number of aryl methyl sites for hydroxylation is 1. The van der Waals surface area contributed by atoms with Crippen LogP contribution in [0.4, 0.5) is 10.8 Å². The van der Waals surface area contributed by atoms with Crippen molar-refractivity contribution >= 4 is 49.7 Å². The number of carbonyl (C=O) groups excluding carboxylic acids is 1. The molecule has 1 amide bonds. The molecule has 1 atom stereocenters. The van der Waals surface area contributed by atoms with E-state index in [0.717, 1.165) is 11.3 Å². The lowest BCUT2D eigenvalue weighted by Gasteiger charge is -2.08. The number of amides is 1. The van der Waals surface area contributed by atoms with Crippen molar-refractivity contribution in [1.29, 1.82) is 0 Å². The van der Waals surface area contributed by atoms with E-state index in [-0.39, 0.29) is 15.9 Å². The van der Waals surface area contributed by atoms with Crippen LogP contribution in [0.15, 0.2) is 29.2 Å². The van der Waals surface area contributed by atoms with Gasteiger partial charge >= 0.3 is 0 Å². The second-order valence-corrected chi connectivity index (χ2v) is 7.88. The molecule has 0 aliphatic rings. The van der Waals surface area contributed by atoms with E-state index in [1.54, 1.807) is 13.8 Å². The van der Waals surface area contributed by atoms with E-state index >= 15 is 0 Å². The highest BCUT2D eigenvalue weighted by molar-refractivity contribution is 7.93. The Morgan fingerprint density at radius 3 is 2.41 bits per heavy atom. The monoisotopic (exact) mass is 360 g/mol. The molecule has 7 nitrogen and oxygen atoms in total. The highest BCUT2D eigenvalue weighted by Crippen LogP contribution is 2.20.